The predicted octanol–water partition coefficient (Wildman–Crippen LogP) is 4.69. The molecule has 0 saturated carbocycles. The smallest absolute Gasteiger partial charge is 0.253 e. The minimum absolute atomic E-state index is 0.167. The van der Waals surface area contributed by atoms with E-state index in [4.69, 9.17) is 14.7 Å². The van der Waals surface area contributed by atoms with E-state index in [1.165, 1.54) is 0 Å². The molecule has 9 nitrogen and oxygen atoms in total. The lowest BCUT2D eigenvalue weighted by Crippen LogP contribution is -2.44. The number of carbonyl (C=O) groups is 1. The van der Waals surface area contributed by atoms with Gasteiger partial charge in [0, 0.05) is 45.0 Å². The number of nitrogens with zero attached hydrogens (tertiary/aromatic N) is 4. The molecule has 1 amide bonds. The number of ether oxygens (including phenoxy) is 1. The van der Waals surface area contributed by atoms with Crippen molar-refractivity contribution in [2.24, 2.45) is 0 Å². The van der Waals surface area contributed by atoms with E-state index in [-0.39, 0.29) is 5.91 Å². The molecular formula is C27H31N7O2S. The van der Waals surface area contributed by atoms with E-state index in [9.17, 15) is 4.79 Å². The van der Waals surface area contributed by atoms with E-state index in [0.717, 1.165) is 53.5 Å². The van der Waals surface area contributed by atoms with Crippen LogP contribution in [0.2, 0.25) is 0 Å². The van der Waals surface area contributed by atoms with E-state index in [1.54, 1.807) is 24.5 Å². The first-order valence-corrected chi connectivity index (χ1v) is 13.2. The van der Waals surface area contributed by atoms with Crippen LogP contribution in [0.15, 0.2) is 53.9 Å². The Morgan fingerprint density at radius 2 is 1.84 bits per heavy atom. The number of anilines is 5. The van der Waals surface area contributed by atoms with Crippen molar-refractivity contribution in [2.45, 2.75) is 6.92 Å². The number of piperazine rings is 1. The second-order valence-corrected chi connectivity index (χ2v) is 9.73. The Hall–Kier alpha value is -3.89. The van der Waals surface area contributed by atoms with E-state index in [1.807, 2.05) is 42.6 Å². The number of nitrogens with one attached hydrogen (secondary N) is 3. The number of amides is 1. The maximum absolute atomic E-state index is 12.4. The van der Waals surface area contributed by atoms with Crippen molar-refractivity contribution in [1.82, 2.24) is 20.2 Å². The summed E-state index contributed by atoms with van der Waals surface area (Å²) in [4.78, 5) is 26.6. The highest BCUT2D eigenvalue weighted by Crippen LogP contribution is 2.35. The van der Waals surface area contributed by atoms with E-state index < -0.39 is 0 Å². The predicted molar refractivity (Wildman–Crippen MR) is 151 cm³/mol. The Morgan fingerprint density at radius 1 is 1.03 bits per heavy atom. The van der Waals surface area contributed by atoms with Gasteiger partial charge in [0.2, 0.25) is 5.95 Å². The van der Waals surface area contributed by atoms with Crippen molar-refractivity contribution in [3.05, 3.63) is 59.5 Å². The molecule has 3 heterocycles. The fraction of sp³-hybridized carbons (Fsp3) is 0.296. The van der Waals surface area contributed by atoms with Crippen molar-refractivity contribution in [2.75, 3.05) is 62.4 Å². The number of likely N-dealkylation sites (N-methyl/N-ethyl adjacent to an activating group) is 1. The highest BCUT2D eigenvalue weighted by molar-refractivity contribution is 7.17. The summed E-state index contributed by atoms with van der Waals surface area (Å²) < 4.78 is 6.91. The highest BCUT2D eigenvalue weighted by Gasteiger charge is 2.18. The van der Waals surface area contributed by atoms with Crippen LogP contribution in [0, 0.1) is 0 Å². The standard InChI is InChI=1S/C27H31N7O2S/c1-4-36-23-17-18(34-14-12-33(3)13-15-34)9-10-21(23)30-27-31-22-11-16-37-24(22)25(32-27)29-20-8-6-5-7-19(20)26(35)28-2/h5-11,16-17H,4,12-15H2,1-3H3,(H,28,35)(H2,29,30,31,32). The summed E-state index contributed by atoms with van der Waals surface area (Å²) in [5, 5.41) is 11.4. The van der Waals surface area contributed by atoms with Crippen LogP contribution in [0.5, 0.6) is 5.75 Å². The average Bonchev–Trinajstić information content (AvgIpc) is 3.39. The number of para-hydroxylation sites is 1. The molecule has 0 atom stereocenters. The maximum Gasteiger partial charge on any atom is 0.253 e. The maximum atomic E-state index is 12.4. The zero-order valence-electron chi connectivity index (χ0n) is 21.2. The largest absolute Gasteiger partial charge is 0.492 e. The number of carbonyl (C=O) groups excluding carboxylic acids is 1. The molecule has 0 bridgehead atoms. The van der Waals surface area contributed by atoms with Gasteiger partial charge in [-0.15, -0.1) is 11.3 Å². The van der Waals surface area contributed by atoms with Crippen LogP contribution < -0.4 is 25.6 Å². The number of rotatable bonds is 8. The number of benzene rings is 2. The minimum Gasteiger partial charge on any atom is -0.492 e. The molecule has 0 spiro atoms. The van der Waals surface area contributed by atoms with Crippen molar-refractivity contribution >= 4 is 56.3 Å². The second kappa shape index (κ2) is 11.0. The van der Waals surface area contributed by atoms with Crippen molar-refractivity contribution in [3.63, 3.8) is 0 Å². The first kappa shape index (κ1) is 24.8. The van der Waals surface area contributed by atoms with Crippen LogP contribution >= 0.6 is 11.3 Å². The third-order valence-electron chi connectivity index (χ3n) is 6.34. The van der Waals surface area contributed by atoms with Gasteiger partial charge in [-0.2, -0.15) is 4.98 Å². The van der Waals surface area contributed by atoms with E-state index >= 15 is 0 Å². The number of hydrogen-bond donors (Lipinski definition) is 3. The molecule has 0 aliphatic carbocycles. The van der Waals surface area contributed by atoms with Gasteiger partial charge in [0.25, 0.3) is 5.91 Å². The summed E-state index contributed by atoms with van der Waals surface area (Å²) in [6.45, 7) is 6.58. The molecule has 4 aromatic rings. The molecule has 1 fully saturated rings. The van der Waals surface area contributed by atoms with Gasteiger partial charge in [-0.25, -0.2) is 4.98 Å². The van der Waals surface area contributed by atoms with Crippen LogP contribution in [0.3, 0.4) is 0 Å². The quantitative estimate of drug-likeness (QED) is 0.310. The number of thiophene rings is 1. The topological polar surface area (TPSA) is 94.7 Å². The molecule has 5 rings (SSSR count). The number of fused-ring (bicyclic) bond motifs is 1. The summed E-state index contributed by atoms with van der Waals surface area (Å²) in [5.41, 5.74) is 3.97. The van der Waals surface area contributed by atoms with E-state index in [0.29, 0.717) is 29.6 Å². The molecule has 37 heavy (non-hydrogen) atoms. The van der Waals surface area contributed by atoms with Gasteiger partial charge in [0.1, 0.15) is 5.75 Å². The third kappa shape index (κ3) is 5.45. The molecule has 10 heteroatoms. The summed E-state index contributed by atoms with van der Waals surface area (Å²) in [6.07, 6.45) is 0. The van der Waals surface area contributed by atoms with Crippen LogP contribution in [-0.2, 0) is 0 Å². The third-order valence-corrected chi connectivity index (χ3v) is 7.25. The fourth-order valence-corrected chi connectivity index (χ4v) is 5.10. The van der Waals surface area contributed by atoms with Gasteiger partial charge < -0.3 is 30.5 Å². The Balaban J connectivity index is 1.45. The molecule has 192 valence electrons. The van der Waals surface area contributed by atoms with Crippen LogP contribution in [-0.4, -0.2) is 67.7 Å². The Labute approximate surface area is 220 Å². The molecule has 1 aliphatic rings. The molecule has 2 aromatic carbocycles. The molecular weight excluding hydrogens is 486 g/mol. The molecule has 0 radical (unpaired) electrons. The highest BCUT2D eigenvalue weighted by atomic mass is 32.1. The SMILES string of the molecule is CCOc1cc(N2CCN(C)CC2)ccc1Nc1nc(Nc2ccccc2C(=O)NC)c2sccc2n1. The van der Waals surface area contributed by atoms with Gasteiger partial charge in [-0.05, 0) is 49.7 Å². The Bertz CT molecular complexity index is 1400. The summed E-state index contributed by atoms with van der Waals surface area (Å²) in [7, 11) is 3.77. The summed E-state index contributed by atoms with van der Waals surface area (Å²) in [5.74, 6) is 1.66. The summed E-state index contributed by atoms with van der Waals surface area (Å²) >= 11 is 1.55. The van der Waals surface area contributed by atoms with Crippen molar-refractivity contribution < 1.29 is 9.53 Å². The van der Waals surface area contributed by atoms with Gasteiger partial charge >= 0.3 is 0 Å². The fourth-order valence-electron chi connectivity index (χ4n) is 4.33. The average molecular weight is 518 g/mol. The Kier molecular flexibility index (Phi) is 7.38. The molecule has 1 saturated heterocycles. The second-order valence-electron chi connectivity index (χ2n) is 8.81. The number of aromatic nitrogens is 2. The van der Waals surface area contributed by atoms with Crippen LogP contribution in [0.1, 0.15) is 17.3 Å². The van der Waals surface area contributed by atoms with Crippen molar-refractivity contribution in [1.29, 1.82) is 0 Å². The monoisotopic (exact) mass is 517 g/mol. The van der Waals surface area contributed by atoms with Gasteiger partial charge in [-0.1, -0.05) is 12.1 Å². The van der Waals surface area contributed by atoms with Gasteiger partial charge in [0.05, 0.1) is 33.8 Å². The van der Waals surface area contributed by atoms with Crippen LogP contribution in [0.4, 0.5) is 28.8 Å². The molecule has 1 aliphatic heterocycles. The molecule has 3 N–H and O–H groups in total. The van der Waals surface area contributed by atoms with Gasteiger partial charge in [0.15, 0.2) is 5.82 Å². The lowest BCUT2D eigenvalue weighted by Gasteiger charge is -2.34. The van der Waals surface area contributed by atoms with Gasteiger partial charge in [-0.3, -0.25) is 4.79 Å². The number of hydrogen-bond acceptors (Lipinski definition) is 9. The first-order chi connectivity index (χ1) is 18.1. The lowest BCUT2D eigenvalue weighted by molar-refractivity contribution is 0.0964. The van der Waals surface area contributed by atoms with Crippen molar-refractivity contribution in [3.8, 4) is 5.75 Å². The Morgan fingerprint density at radius 3 is 2.62 bits per heavy atom. The first-order valence-electron chi connectivity index (χ1n) is 12.4. The minimum atomic E-state index is -0.167. The summed E-state index contributed by atoms with van der Waals surface area (Å²) in [6, 6.07) is 15.5. The van der Waals surface area contributed by atoms with E-state index in [2.05, 4.69) is 44.9 Å². The zero-order valence-corrected chi connectivity index (χ0v) is 22.1. The lowest BCUT2D eigenvalue weighted by atomic mass is 10.1. The molecule has 2 aromatic heterocycles. The zero-order chi connectivity index (χ0) is 25.8. The molecule has 0 unspecified atom stereocenters. The normalized spacial score (nSPS) is 14.0. The van der Waals surface area contributed by atoms with Crippen LogP contribution in [0.25, 0.3) is 10.2 Å².